The SMILES string of the molecule is CCC(N)Cn1cccn1. The van der Waals surface area contributed by atoms with Crippen LogP contribution in [0.4, 0.5) is 0 Å². The maximum absolute atomic E-state index is 5.70. The minimum Gasteiger partial charge on any atom is -0.326 e. The lowest BCUT2D eigenvalue weighted by atomic mass is 10.2. The lowest BCUT2D eigenvalue weighted by molar-refractivity contribution is 0.500. The van der Waals surface area contributed by atoms with Crippen LogP contribution in [0.3, 0.4) is 0 Å². The van der Waals surface area contributed by atoms with E-state index in [9.17, 15) is 0 Å². The normalized spacial score (nSPS) is 13.4. The highest BCUT2D eigenvalue weighted by Crippen LogP contribution is 1.91. The molecule has 0 aromatic carbocycles. The Bertz CT molecular complexity index is 169. The maximum atomic E-state index is 5.70. The molecule has 0 aliphatic heterocycles. The molecule has 1 rings (SSSR count). The molecule has 1 atom stereocenters. The van der Waals surface area contributed by atoms with Gasteiger partial charge in [0.15, 0.2) is 0 Å². The summed E-state index contributed by atoms with van der Waals surface area (Å²) < 4.78 is 1.86. The first-order valence-corrected chi connectivity index (χ1v) is 3.56. The van der Waals surface area contributed by atoms with E-state index >= 15 is 0 Å². The molecule has 2 N–H and O–H groups in total. The van der Waals surface area contributed by atoms with Crippen LogP contribution in [0, 0.1) is 0 Å². The van der Waals surface area contributed by atoms with Crippen molar-refractivity contribution in [2.45, 2.75) is 25.9 Å². The first-order chi connectivity index (χ1) is 4.83. The summed E-state index contributed by atoms with van der Waals surface area (Å²) in [5, 5.41) is 4.04. The Hall–Kier alpha value is -0.830. The van der Waals surface area contributed by atoms with Crippen molar-refractivity contribution in [3.63, 3.8) is 0 Å². The van der Waals surface area contributed by atoms with Crippen molar-refractivity contribution in [1.29, 1.82) is 0 Å². The summed E-state index contributed by atoms with van der Waals surface area (Å²) in [6.45, 7) is 2.90. The van der Waals surface area contributed by atoms with E-state index in [4.69, 9.17) is 5.73 Å². The summed E-state index contributed by atoms with van der Waals surface area (Å²) in [7, 11) is 0. The molecule has 0 bridgehead atoms. The van der Waals surface area contributed by atoms with Gasteiger partial charge in [-0.1, -0.05) is 6.92 Å². The van der Waals surface area contributed by atoms with Crippen molar-refractivity contribution in [2.24, 2.45) is 5.73 Å². The lowest BCUT2D eigenvalue weighted by Crippen LogP contribution is -2.25. The Morgan fingerprint density at radius 3 is 3.00 bits per heavy atom. The summed E-state index contributed by atoms with van der Waals surface area (Å²) in [6.07, 6.45) is 4.69. The minimum atomic E-state index is 0.236. The van der Waals surface area contributed by atoms with Gasteiger partial charge in [-0.3, -0.25) is 4.68 Å². The third-order valence-electron chi connectivity index (χ3n) is 1.51. The molecule has 1 unspecified atom stereocenters. The molecule has 0 saturated carbocycles. The van der Waals surface area contributed by atoms with Gasteiger partial charge < -0.3 is 5.73 Å². The van der Waals surface area contributed by atoms with E-state index in [-0.39, 0.29) is 6.04 Å². The van der Waals surface area contributed by atoms with E-state index in [1.807, 2.05) is 16.9 Å². The zero-order valence-electron chi connectivity index (χ0n) is 6.20. The van der Waals surface area contributed by atoms with Gasteiger partial charge in [-0.2, -0.15) is 5.10 Å². The van der Waals surface area contributed by atoms with Crippen molar-refractivity contribution >= 4 is 0 Å². The molecule has 0 saturated heterocycles. The van der Waals surface area contributed by atoms with Crippen LogP contribution >= 0.6 is 0 Å². The van der Waals surface area contributed by atoms with E-state index in [0.717, 1.165) is 13.0 Å². The Labute approximate surface area is 60.8 Å². The van der Waals surface area contributed by atoms with E-state index in [1.165, 1.54) is 0 Å². The smallest absolute Gasteiger partial charge is 0.0560 e. The Balaban J connectivity index is 2.40. The highest BCUT2D eigenvalue weighted by molar-refractivity contribution is 4.78. The number of rotatable bonds is 3. The van der Waals surface area contributed by atoms with Crippen molar-refractivity contribution in [1.82, 2.24) is 9.78 Å². The predicted molar refractivity (Wildman–Crippen MR) is 40.5 cm³/mol. The Morgan fingerprint density at radius 2 is 2.50 bits per heavy atom. The quantitative estimate of drug-likeness (QED) is 0.667. The molecule has 3 nitrogen and oxygen atoms in total. The number of aromatic nitrogens is 2. The largest absolute Gasteiger partial charge is 0.326 e. The fourth-order valence-electron chi connectivity index (χ4n) is 0.778. The molecule has 0 fully saturated rings. The van der Waals surface area contributed by atoms with E-state index in [0.29, 0.717) is 0 Å². The van der Waals surface area contributed by atoms with Crippen LogP contribution in [-0.2, 0) is 6.54 Å². The van der Waals surface area contributed by atoms with Crippen LogP contribution in [0.5, 0.6) is 0 Å². The summed E-state index contributed by atoms with van der Waals surface area (Å²) in [4.78, 5) is 0. The first-order valence-electron chi connectivity index (χ1n) is 3.56. The molecule has 0 spiro atoms. The summed E-state index contributed by atoms with van der Waals surface area (Å²) in [6, 6.07) is 2.14. The van der Waals surface area contributed by atoms with Gasteiger partial charge in [0, 0.05) is 18.4 Å². The topological polar surface area (TPSA) is 43.8 Å². The van der Waals surface area contributed by atoms with Gasteiger partial charge in [-0.05, 0) is 12.5 Å². The number of nitrogens with zero attached hydrogens (tertiary/aromatic N) is 2. The first kappa shape index (κ1) is 7.28. The van der Waals surface area contributed by atoms with Crippen molar-refractivity contribution < 1.29 is 0 Å². The standard InChI is InChI=1S/C7H13N3/c1-2-7(8)6-10-5-3-4-9-10/h3-5,7H,2,6,8H2,1H3. The molecule has 0 aliphatic carbocycles. The van der Waals surface area contributed by atoms with Crippen molar-refractivity contribution in [3.8, 4) is 0 Å². The van der Waals surface area contributed by atoms with Gasteiger partial charge in [0.05, 0.1) is 6.54 Å². The number of hydrogen-bond donors (Lipinski definition) is 1. The second-order valence-electron chi connectivity index (χ2n) is 2.40. The maximum Gasteiger partial charge on any atom is 0.0560 e. The molecule has 1 aromatic rings. The highest BCUT2D eigenvalue weighted by Gasteiger charge is 1.98. The van der Waals surface area contributed by atoms with Crippen LogP contribution in [-0.4, -0.2) is 15.8 Å². The molecule has 0 radical (unpaired) electrons. The van der Waals surface area contributed by atoms with Crippen LogP contribution in [0.25, 0.3) is 0 Å². The molecule has 0 amide bonds. The van der Waals surface area contributed by atoms with Gasteiger partial charge >= 0.3 is 0 Å². The monoisotopic (exact) mass is 139 g/mol. The van der Waals surface area contributed by atoms with Crippen molar-refractivity contribution in [2.75, 3.05) is 0 Å². The molecule has 3 heteroatoms. The third-order valence-corrected chi connectivity index (χ3v) is 1.51. The summed E-state index contributed by atoms with van der Waals surface area (Å²) >= 11 is 0. The van der Waals surface area contributed by atoms with Crippen molar-refractivity contribution in [3.05, 3.63) is 18.5 Å². The second kappa shape index (κ2) is 3.37. The van der Waals surface area contributed by atoms with Gasteiger partial charge in [0.2, 0.25) is 0 Å². The Morgan fingerprint density at radius 1 is 1.70 bits per heavy atom. The lowest BCUT2D eigenvalue weighted by Gasteiger charge is -2.07. The molecule has 1 aromatic heterocycles. The average molecular weight is 139 g/mol. The van der Waals surface area contributed by atoms with Gasteiger partial charge in [-0.15, -0.1) is 0 Å². The van der Waals surface area contributed by atoms with Gasteiger partial charge in [-0.25, -0.2) is 0 Å². The predicted octanol–water partition coefficient (Wildman–Crippen LogP) is 0.620. The van der Waals surface area contributed by atoms with E-state index in [1.54, 1.807) is 6.20 Å². The van der Waals surface area contributed by atoms with E-state index in [2.05, 4.69) is 12.0 Å². The summed E-state index contributed by atoms with van der Waals surface area (Å²) in [5.74, 6) is 0. The molecular weight excluding hydrogens is 126 g/mol. The molecule has 56 valence electrons. The summed E-state index contributed by atoms with van der Waals surface area (Å²) in [5.41, 5.74) is 5.70. The zero-order valence-corrected chi connectivity index (χ0v) is 6.20. The second-order valence-corrected chi connectivity index (χ2v) is 2.40. The molecular formula is C7H13N3. The zero-order chi connectivity index (χ0) is 7.40. The highest BCUT2D eigenvalue weighted by atomic mass is 15.3. The van der Waals surface area contributed by atoms with E-state index < -0.39 is 0 Å². The van der Waals surface area contributed by atoms with Crippen LogP contribution in [0.15, 0.2) is 18.5 Å². The van der Waals surface area contributed by atoms with Gasteiger partial charge in [0.1, 0.15) is 0 Å². The average Bonchev–Trinajstić information content (AvgIpc) is 2.40. The van der Waals surface area contributed by atoms with Crippen LogP contribution in [0.1, 0.15) is 13.3 Å². The fraction of sp³-hybridized carbons (Fsp3) is 0.571. The molecule has 10 heavy (non-hydrogen) atoms. The molecule has 0 aliphatic rings. The third kappa shape index (κ3) is 1.84. The molecule has 1 heterocycles. The Kier molecular flexibility index (Phi) is 2.45. The fourth-order valence-corrected chi connectivity index (χ4v) is 0.778. The van der Waals surface area contributed by atoms with Crippen LogP contribution in [0.2, 0.25) is 0 Å². The van der Waals surface area contributed by atoms with Gasteiger partial charge in [0.25, 0.3) is 0 Å². The number of hydrogen-bond acceptors (Lipinski definition) is 2. The van der Waals surface area contributed by atoms with Crippen LogP contribution < -0.4 is 5.73 Å². The minimum absolute atomic E-state index is 0.236. The number of nitrogens with two attached hydrogens (primary N) is 1.